The molecule has 1 N–H and O–H groups in total. The van der Waals surface area contributed by atoms with Crippen molar-refractivity contribution in [3.63, 3.8) is 0 Å². The van der Waals surface area contributed by atoms with Gasteiger partial charge in [0.15, 0.2) is 5.82 Å². The average molecular weight is 435 g/mol. The number of fused-ring (bicyclic) bond motifs is 1. The molecule has 2 aromatic heterocycles. The van der Waals surface area contributed by atoms with Crippen LogP contribution in [-0.2, 0) is 4.74 Å². The Morgan fingerprint density at radius 2 is 2.00 bits per heavy atom. The average Bonchev–Trinajstić information content (AvgIpc) is 3.40. The van der Waals surface area contributed by atoms with Crippen molar-refractivity contribution >= 4 is 24.6 Å². The number of hydrogen-bond donors (Lipinski definition) is 1. The highest BCUT2D eigenvalue weighted by molar-refractivity contribution is 6.14. The van der Waals surface area contributed by atoms with Crippen LogP contribution in [0.1, 0.15) is 36.2 Å². The third-order valence-electron chi connectivity index (χ3n) is 6.49. The van der Waals surface area contributed by atoms with E-state index in [4.69, 9.17) is 22.1 Å². The van der Waals surface area contributed by atoms with Crippen molar-refractivity contribution in [1.82, 2.24) is 20.4 Å². The molecule has 2 aliphatic heterocycles. The zero-order valence-corrected chi connectivity index (χ0v) is 18.7. The summed E-state index contributed by atoms with van der Waals surface area (Å²) in [7, 11) is 6.64. The molecule has 0 amide bonds. The minimum absolute atomic E-state index is 0.274. The van der Waals surface area contributed by atoms with E-state index in [0.717, 1.165) is 49.0 Å². The van der Waals surface area contributed by atoms with Crippen molar-refractivity contribution < 1.29 is 13.7 Å². The largest absolute Gasteiger partial charge is 0.380 e. The van der Waals surface area contributed by atoms with Crippen LogP contribution in [-0.4, -0.2) is 60.8 Å². The lowest BCUT2D eigenvalue weighted by Crippen LogP contribution is -2.51. The minimum atomic E-state index is -0.344. The van der Waals surface area contributed by atoms with Crippen LogP contribution in [0.5, 0.6) is 0 Å². The Morgan fingerprint density at radius 3 is 2.69 bits per heavy atom. The van der Waals surface area contributed by atoms with Gasteiger partial charge in [-0.2, -0.15) is 4.98 Å². The smallest absolute Gasteiger partial charge is 0.261 e. The van der Waals surface area contributed by atoms with Crippen molar-refractivity contribution in [2.45, 2.75) is 58.1 Å². The number of nitrogens with one attached hydrogen (secondary N) is 1. The van der Waals surface area contributed by atoms with E-state index in [1.54, 1.807) is 6.92 Å². The lowest BCUT2D eigenvalue weighted by molar-refractivity contribution is 0.186. The van der Waals surface area contributed by atoms with Crippen molar-refractivity contribution in [2.24, 2.45) is 0 Å². The highest BCUT2D eigenvalue weighted by Gasteiger charge is 2.32. The number of benzene rings is 1. The number of aromatic nitrogens is 3. The highest BCUT2D eigenvalue weighted by Crippen LogP contribution is 2.38. The fourth-order valence-corrected chi connectivity index (χ4v) is 4.87. The molecule has 3 aromatic rings. The molecule has 166 valence electrons. The summed E-state index contributed by atoms with van der Waals surface area (Å²) >= 11 is 0. The van der Waals surface area contributed by atoms with E-state index in [1.165, 1.54) is 6.07 Å². The number of anilines is 1. The first kappa shape index (κ1) is 21.3. The maximum absolute atomic E-state index is 14.9. The van der Waals surface area contributed by atoms with Crippen molar-refractivity contribution in [3.8, 4) is 11.5 Å². The third-order valence-corrected chi connectivity index (χ3v) is 6.49. The normalized spacial score (nSPS) is 23.9. The van der Waals surface area contributed by atoms with Crippen LogP contribution in [0.2, 0.25) is 0 Å². The van der Waals surface area contributed by atoms with Gasteiger partial charge in [0.25, 0.3) is 5.89 Å². The first-order valence-electron chi connectivity index (χ1n) is 11.2. The molecule has 32 heavy (non-hydrogen) atoms. The first-order valence-corrected chi connectivity index (χ1v) is 11.2. The number of aryl methyl sites for hydroxylation is 3. The second kappa shape index (κ2) is 8.44. The third kappa shape index (κ3) is 3.88. The van der Waals surface area contributed by atoms with Gasteiger partial charge < -0.3 is 19.5 Å². The zero-order valence-electron chi connectivity index (χ0n) is 18.7. The molecule has 0 spiro atoms. The number of rotatable bonds is 4. The quantitative estimate of drug-likeness (QED) is 0.631. The van der Waals surface area contributed by atoms with Crippen LogP contribution in [0.25, 0.3) is 22.4 Å². The Labute approximate surface area is 188 Å². The predicted molar refractivity (Wildman–Crippen MR) is 121 cm³/mol. The van der Waals surface area contributed by atoms with E-state index in [2.05, 4.69) is 15.5 Å². The maximum Gasteiger partial charge on any atom is 0.261 e. The predicted octanol–water partition coefficient (Wildman–Crippen LogP) is 3.19. The van der Waals surface area contributed by atoms with Crippen LogP contribution in [0.4, 0.5) is 10.2 Å². The molecule has 7 nitrogen and oxygen atoms in total. The SMILES string of the molecule is [B][C@H]1C[C@H](N[C@@H]2CCOC2)CCN1c1nc2c(F)cc(C)cc2c(C)c1-c1nc(C)no1. The second-order valence-electron chi connectivity index (χ2n) is 8.93. The van der Waals surface area contributed by atoms with E-state index in [-0.39, 0.29) is 11.8 Å². The molecule has 2 aliphatic rings. The van der Waals surface area contributed by atoms with Crippen LogP contribution >= 0.6 is 0 Å². The second-order valence-corrected chi connectivity index (χ2v) is 8.93. The number of ether oxygens (including phenoxy) is 1. The van der Waals surface area contributed by atoms with E-state index in [9.17, 15) is 4.39 Å². The topological polar surface area (TPSA) is 76.3 Å². The standard InChI is InChI=1S/C23H27BFN5O2/c1-12-8-17-13(2)20(23-26-14(3)29-32-23)22(28-21(17)18(25)9-12)30-6-4-15(10-19(30)24)27-16-5-7-31-11-16/h8-9,15-16,19,27H,4-7,10-11H2,1-3H3/t15-,16-,19-/m1/s1. The molecule has 2 radical (unpaired) electrons. The molecular weight excluding hydrogens is 408 g/mol. The molecule has 0 unspecified atom stereocenters. The molecule has 4 heterocycles. The van der Waals surface area contributed by atoms with Crippen LogP contribution < -0.4 is 10.2 Å². The van der Waals surface area contributed by atoms with Gasteiger partial charge in [0.2, 0.25) is 0 Å². The summed E-state index contributed by atoms with van der Waals surface area (Å²) in [6.07, 6.45) is 2.69. The lowest BCUT2D eigenvalue weighted by atomic mass is 9.83. The summed E-state index contributed by atoms with van der Waals surface area (Å²) < 4.78 is 25.9. The van der Waals surface area contributed by atoms with E-state index < -0.39 is 0 Å². The molecule has 9 heteroatoms. The molecule has 0 saturated carbocycles. The van der Waals surface area contributed by atoms with E-state index in [1.807, 2.05) is 24.8 Å². The summed E-state index contributed by atoms with van der Waals surface area (Å²) in [6, 6.07) is 4.14. The minimum Gasteiger partial charge on any atom is -0.380 e. The molecule has 5 rings (SSSR count). The van der Waals surface area contributed by atoms with Gasteiger partial charge in [-0.05, 0) is 69.2 Å². The van der Waals surface area contributed by atoms with Gasteiger partial charge in [0.1, 0.15) is 17.2 Å². The Bertz CT molecular complexity index is 1150. The fourth-order valence-electron chi connectivity index (χ4n) is 4.87. The summed E-state index contributed by atoms with van der Waals surface area (Å²) in [5.41, 5.74) is 2.74. The van der Waals surface area contributed by atoms with Gasteiger partial charge in [0, 0.05) is 30.6 Å². The Balaban J connectivity index is 1.55. The molecule has 3 atom stereocenters. The van der Waals surface area contributed by atoms with Crippen LogP contribution in [0.3, 0.4) is 0 Å². The molecule has 2 saturated heterocycles. The highest BCUT2D eigenvalue weighted by atomic mass is 19.1. The fraction of sp³-hybridized carbons (Fsp3) is 0.522. The number of pyridine rings is 1. The van der Waals surface area contributed by atoms with Crippen LogP contribution in [0, 0.1) is 26.6 Å². The molecule has 0 aliphatic carbocycles. The number of piperidine rings is 1. The van der Waals surface area contributed by atoms with Gasteiger partial charge in [-0.3, -0.25) is 0 Å². The Hall–Kier alpha value is -2.52. The molecule has 1 aromatic carbocycles. The van der Waals surface area contributed by atoms with Crippen molar-refractivity contribution in [3.05, 3.63) is 34.9 Å². The summed E-state index contributed by atoms with van der Waals surface area (Å²) in [5, 5.41) is 8.38. The van der Waals surface area contributed by atoms with Crippen LogP contribution in [0.15, 0.2) is 16.7 Å². The summed E-state index contributed by atoms with van der Waals surface area (Å²) in [5.74, 6) is 0.887. The first-order chi connectivity index (χ1) is 15.4. The molecule has 2 fully saturated rings. The Kier molecular flexibility index (Phi) is 5.63. The number of nitrogens with zero attached hydrogens (tertiary/aromatic N) is 4. The van der Waals surface area contributed by atoms with Gasteiger partial charge >= 0.3 is 0 Å². The van der Waals surface area contributed by atoms with Gasteiger partial charge in [-0.25, -0.2) is 9.37 Å². The van der Waals surface area contributed by atoms with E-state index in [0.29, 0.717) is 47.2 Å². The molecule has 0 bridgehead atoms. The monoisotopic (exact) mass is 435 g/mol. The number of halogens is 1. The van der Waals surface area contributed by atoms with Gasteiger partial charge in [-0.1, -0.05) is 5.16 Å². The van der Waals surface area contributed by atoms with Crippen molar-refractivity contribution in [2.75, 3.05) is 24.7 Å². The summed E-state index contributed by atoms with van der Waals surface area (Å²) in [6.45, 7) is 7.84. The van der Waals surface area contributed by atoms with Gasteiger partial charge in [-0.15, -0.1) is 0 Å². The number of hydrogen-bond acceptors (Lipinski definition) is 7. The summed E-state index contributed by atoms with van der Waals surface area (Å²) in [4.78, 5) is 11.3. The zero-order chi connectivity index (χ0) is 22.4. The van der Waals surface area contributed by atoms with E-state index >= 15 is 0 Å². The molecular formula is C23H27BFN5O2. The maximum atomic E-state index is 14.9. The van der Waals surface area contributed by atoms with Gasteiger partial charge in [0.05, 0.1) is 20.0 Å². The lowest BCUT2D eigenvalue weighted by Gasteiger charge is -2.41. The Morgan fingerprint density at radius 1 is 1.16 bits per heavy atom. The van der Waals surface area contributed by atoms with Crippen molar-refractivity contribution in [1.29, 1.82) is 0 Å².